The second-order valence-corrected chi connectivity index (χ2v) is 5.59. The minimum atomic E-state index is -0.279. The molecule has 0 saturated carbocycles. The zero-order chi connectivity index (χ0) is 14.7. The molecule has 1 fully saturated rings. The highest BCUT2D eigenvalue weighted by Gasteiger charge is 2.33. The maximum absolute atomic E-state index is 11.6. The minimum Gasteiger partial charge on any atom is -0.469 e. The predicted octanol–water partition coefficient (Wildman–Crippen LogP) is 2.92. The number of hydrogen-bond acceptors (Lipinski definition) is 3. The van der Waals surface area contributed by atoms with Crippen LogP contribution in [0.5, 0.6) is 0 Å². The van der Waals surface area contributed by atoms with Crippen LogP contribution in [0.1, 0.15) is 30.7 Å². The lowest BCUT2D eigenvalue weighted by atomic mass is 9.89. The van der Waals surface area contributed by atoms with Gasteiger partial charge in [0.2, 0.25) is 5.91 Å². The van der Waals surface area contributed by atoms with Crippen LogP contribution in [0.25, 0.3) is 0 Å². The topological polar surface area (TPSA) is 55.4 Å². The Hall–Kier alpha value is -1.26. The first-order valence-electron chi connectivity index (χ1n) is 6.32. The molecule has 2 atom stereocenters. The molecule has 1 aromatic rings. The monoisotopic (exact) mass is 315 g/mol. The van der Waals surface area contributed by atoms with E-state index in [0.29, 0.717) is 22.9 Å². The summed E-state index contributed by atoms with van der Waals surface area (Å²) in [5.74, 6) is -0.295. The van der Waals surface area contributed by atoms with Crippen LogP contribution in [0.3, 0.4) is 0 Å². The third kappa shape index (κ3) is 3.44. The van der Waals surface area contributed by atoms with Crippen molar-refractivity contribution in [3.05, 3.63) is 33.8 Å². The fourth-order valence-corrected chi connectivity index (χ4v) is 2.76. The highest BCUT2D eigenvalue weighted by molar-refractivity contribution is 6.42. The van der Waals surface area contributed by atoms with Crippen molar-refractivity contribution in [2.24, 2.45) is 0 Å². The van der Waals surface area contributed by atoms with Gasteiger partial charge in [0.1, 0.15) is 0 Å². The van der Waals surface area contributed by atoms with E-state index in [1.807, 2.05) is 6.07 Å². The lowest BCUT2D eigenvalue weighted by Gasteiger charge is -2.19. The summed E-state index contributed by atoms with van der Waals surface area (Å²) in [6, 6.07) is 5.28. The van der Waals surface area contributed by atoms with Crippen LogP contribution in [0.2, 0.25) is 10.0 Å². The van der Waals surface area contributed by atoms with E-state index in [0.717, 1.165) is 5.56 Å². The van der Waals surface area contributed by atoms with Crippen LogP contribution < -0.4 is 5.32 Å². The molecule has 0 spiro atoms. The molecule has 4 nitrogen and oxygen atoms in total. The van der Waals surface area contributed by atoms with Crippen molar-refractivity contribution >= 4 is 35.1 Å². The average Bonchev–Trinajstić information content (AvgIpc) is 2.80. The number of amides is 1. The number of carbonyl (C=O) groups is 2. The van der Waals surface area contributed by atoms with E-state index in [2.05, 4.69) is 10.1 Å². The molecule has 108 valence electrons. The first-order chi connectivity index (χ1) is 9.51. The summed E-state index contributed by atoms with van der Waals surface area (Å²) in [6.07, 6.45) is 1.21. The van der Waals surface area contributed by atoms with E-state index in [9.17, 15) is 9.59 Å². The summed E-state index contributed by atoms with van der Waals surface area (Å²) in [4.78, 5) is 22.8. The lowest BCUT2D eigenvalue weighted by molar-refractivity contribution is -0.140. The van der Waals surface area contributed by atoms with Gasteiger partial charge in [-0.05, 0) is 24.1 Å². The maximum Gasteiger partial charge on any atom is 0.305 e. The Bertz CT molecular complexity index is 533. The van der Waals surface area contributed by atoms with Gasteiger partial charge in [0.15, 0.2) is 0 Å². The van der Waals surface area contributed by atoms with Gasteiger partial charge in [-0.15, -0.1) is 0 Å². The second-order valence-electron chi connectivity index (χ2n) is 4.77. The third-order valence-electron chi connectivity index (χ3n) is 3.50. The van der Waals surface area contributed by atoms with Gasteiger partial charge in [-0.2, -0.15) is 0 Å². The van der Waals surface area contributed by atoms with E-state index in [1.165, 1.54) is 7.11 Å². The Kier molecular flexibility index (Phi) is 4.89. The zero-order valence-corrected chi connectivity index (χ0v) is 12.5. The first kappa shape index (κ1) is 15.1. The molecule has 1 amide bonds. The number of hydrogen-bond donors (Lipinski definition) is 1. The molecule has 0 bridgehead atoms. The molecule has 1 aliphatic heterocycles. The Morgan fingerprint density at radius 1 is 1.40 bits per heavy atom. The SMILES string of the molecule is COC(=O)CCC1NC(=O)CC1c1ccc(Cl)c(Cl)c1. The molecule has 1 saturated heterocycles. The molecule has 1 N–H and O–H groups in total. The first-order valence-corrected chi connectivity index (χ1v) is 7.08. The van der Waals surface area contributed by atoms with Gasteiger partial charge in [-0.3, -0.25) is 9.59 Å². The van der Waals surface area contributed by atoms with E-state index in [4.69, 9.17) is 23.2 Å². The van der Waals surface area contributed by atoms with Gasteiger partial charge in [-0.1, -0.05) is 29.3 Å². The average molecular weight is 316 g/mol. The molecule has 0 radical (unpaired) electrons. The fourth-order valence-electron chi connectivity index (χ4n) is 2.45. The number of ether oxygens (including phenoxy) is 1. The van der Waals surface area contributed by atoms with Crippen LogP contribution in [-0.2, 0) is 14.3 Å². The highest BCUT2D eigenvalue weighted by atomic mass is 35.5. The van der Waals surface area contributed by atoms with Crippen LogP contribution in [0.15, 0.2) is 18.2 Å². The van der Waals surface area contributed by atoms with Crippen LogP contribution >= 0.6 is 23.2 Å². The van der Waals surface area contributed by atoms with Gasteiger partial charge in [0.05, 0.1) is 17.2 Å². The van der Waals surface area contributed by atoms with Crippen LogP contribution in [0, 0.1) is 0 Å². The quantitative estimate of drug-likeness (QED) is 0.869. The molecule has 1 aliphatic rings. The Morgan fingerprint density at radius 2 is 2.15 bits per heavy atom. The summed E-state index contributed by atoms with van der Waals surface area (Å²) in [6.45, 7) is 0. The molecule has 2 unspecified atom stereocenters. The van der Waals surface area contributed by atoms with Gasteiger partial charge in [0.25, 0.3) is 0 Å². The number of nitrogens with one attached hydrogen (secondary N) is 1. The molecule has 6 heteroatoms. The molecule has 20 heavy (non-hydrogen) atoms. The van der Waals surface area contributed by atoms with E-state index in [1.54, 1.807) is 12.1 Å². The summed E-state index contributed by atoms with van der Waals surface area (Å²) in [7, 11) is 1.35. The van der Waals surface area contributed by atoms with Crippen LogP contribution in [-0.4, -0.2) is 25.0 Å². The fraction of sp³-hybridized carbons (Fsp3) is 0.429. The molecule has 0 aliphatic carbocycles. The Balaban J connectivity index is 2.13. The minimum absolute atomic E-state index is 0.00178. The van der Waals surface area contributed by atoms with Crippen molar-refractivity contribution in [3.63, 3.8) is 0 Å². The number of rotatable bonds is 4. The van der Waals surface area contributed by atoms with Crippen molar-refractivity contribution in [1.29, 1.82) is 0 Å². The van der Waals surface area contributed by atoms with Gasteiger partial charge in [-0.25, -0.2) is 0 Å². The van der Waals surface area contributed by atoms with Crippen molar-refractivity contribution < 1.29 is 14.3 Å². The van der Waals surface area contributed by atoms with Crippen molar-refractivity contribution in [2.75, 3.05) is 7.11 Å². The second kappa shape index (κ2) is 6.46. The Morgan fingerprint density at radius 3 is 2.80 bits per heavy atom. The summed E-state index contributed by atoms with van der Waals surface area (Å²) in [5, 5.41) is 3.85. The molecule has 1 aromatic carbocycles. The van der Waals surface area contributed by atoms with Crippen LogP contribution in [0.4, 0.5) is 0 Å². The van der Waals surface area contributed by atoms with Gasteiger partial charge < -0.3 is 10.1 Å². The smallest absolute Gasteiger partial charge is 0.305 e. The highest BCUT2D eigenvalue weighted by Crippen LogP contribution is 2.34. The number of methoxy groups -OCH3 is 1. The number of carbonyl (C=O) groups excluding carboxylic acids is 2. The molecule has 1 heterocycles. The zero-order valence-electron chi connectivity index (χ0n) is 11.0. The van der Waals surface area contributed by atoms with Crippen molar-refractivity contribution in [2.45, 2.75) is 31.2 Å². The van der Waals surface area contributed by atoms with Gasteiger partial charge in [0, 0.05) is 24.8 Å². The Labute approximate surface area is 127 Å². The normalized spacial score (nSPS) is 21.6. The maximum atomic E-state index is 11.6. The van der Waals surface area contributed by atoms with E-state index >= 15 is 0 Å². The largest absolute Gasteiger partial charge is 0.469 e. The lowest BCUT2D eigenvalue weighted by Crippen LogP contribution is -2.29. The number of esters is 1. The molecular weight excluding hydrogens is 301 g/mol. The molecular formula is C14H15Cl2NO3. The van der Waals surface area contributed by atoms with Crippen molar-refractivity contribution in [1.82, 2.24) is 5.32 Å². The van der Waals surface area contributed by atoms with Gasteiger partial charge >= 0.3 is 5.97 Å². The third-order valence-corrected chi connectivity index (χ3v) is 4.24. The van der Waals surface area contributed by atoms with E-state index in [-0.39, 0.29) is 30.3 Å². The summed E-state index contributed by atoms with van der Waals surface area (Å²) < 4.78 is 4.62. The number of benzene rings is 1. The van der Waals surface area contributed by atoms with E-state index < -0.39 is 0 Å². The predicted molar refractivity (Wildman–Crippen MR) is 77.0 cm³/mol. The van der Waals surface area contributed by atoms with Crippen molar-refractivity contribution in [3.8, 4) is 0 Å². The summed E-state index contributed by atoms with van der Waals surface area (Å²) in [5.41, 5.74) is 0.951. The molecule has 2 rings (SSSR count). The molecule has 0 aromatic heterocycles. The number of halogens is 2. The summed E-state index contributed by atoms with van der Waals surface area (Å²) >= 11 is 11.9. The standard InChI is InChI=1S/C14H15Cl2NO3/c1-20-14(19)5-4-12-9(7-13(18)17-12)8-2-3-10(15)11(16)6-8/h2-3,6,9,12H,4-5,7H2,1H3,(H,17,18).